The van der Waals surface area contributed by atoms with Crippen LogP contribution < -0.4 is 10.2 Å². The first-order valence-corrected chi connectivity index (χ1v) is 10.2. The number of halogens is 2. The molecule has 4 rings (SSSR count). The predicted octanol–water partition coefficient (Wildman–Crippen LogP) is 3.76. The number of nitrogens with one attached hydrogen (secondary N) is 1. The molecule has 176 valence electrons. The standard InChI is InChI=1S/C25H16F2N2O6/c1-13(30)28-16-4-6-17(7-5-16)29-23(32)18-8-2-14(10-20(18)24(29)33)25(34)35-12-22(31)19-9-3-15(26)11-21(19)27/h2-11H,12H2,1H3,(H,28,30). The van der Waals surface area contributed by atoms with E-state index in [2.05, 4.69) is 5.32 Å². The molecule has 1 aliphatic rings. The fourth-order valence-corrected chi connectivity index (χ4v) is 3.51. The number of fused-ring (bicyclic) bond motifs is 1. The minimum Gasteiger partial charge on any atom is -0.454 e. The fourth-order valence-electron chi connectivity index (χ4n) is 3.51. The second-order valence-corrected chi connectivity index (χ2v) is 7.56. The molecule has 0 atom stereocenters. The zero-order valence-corrected chi connectivity index (χ0v) is 18.1. The molecule has 3 aromatic carbocycles. The van der Waals surface area contributed by atoms with Crippen molar-refractivity contribution in [1.82, 2.24) is 0 Å². The molecule has 35 heavy (non-hydrogen) atoms. The lowest BCUT2D eigenvalue weighted by atomic mass is 10.1. The average Bonchev–Trinajstić information content (AvgIpc) is 3.07. The third-order valence-electron chi connectivity index (χ3n) is 5.13. The Balaban J connectivity index is 1.48. The molecule has 0 aromatic heterocycles. The highest BCUT2D eigenvalue weighted by molar-refractivity contribution is 6.34. The van der Waals surface area contributed by atoms with Gasteiger partial charge in [0.25, 0.3) is 11.8 Å². The summed E-state index contributed by atoms with van der Waals surface area (Å²) in [7, 11) is 0. The number of amides is 3. The summed E-state index contributed by atoms with van der Waals surface area (Å²) in [6.07, 6.45) is 0. The third kappa shape index (κ3) is 4.67. The van der Waals surface area contributed by atoms with Gasteiger partial charge in [-0.3, -0.25) is 19.2 Å². The molecule has 1 aliphatic heterocycles. The van der Waals surface area contributed by atoms with E-state index in [9.17, 15) is 32.8 Å². The zero-order valence-electron chi connectivity index (χ0n) is 18.1. The molecule has 0 radical (unpaired) electrons. The van der Waals surface area contributed by atoms with Crippen molar-refractivity contribution in [2.24, 2.45) is 0 Å². The first-order valence-electron chi connectivity index (χ1n) is 10.2. The van der Waals surface area contributed by atoms with Gasteiger partial charge in [0.2, 0.25) is 11.7 Å². The van der Waals surface area contributed by atoms with Crippen molar-refractivity contribution in [2.75, 3.05) is 16.8 Å². The number of carbonyl (C=O) groups excluding carboxylic acids is 5. The van der Waals surface area contributed by atoms with Gasteiger partial charge in [0.1, 0.15) is 11.6 Å². The largest absolute Gasteiger partial charge is 0.454 e. The van der Waals surface area contributed by atoms with E-state index in [0.717, 1.165) is 17.0 Å². The summed E-state index contributed by atoms with van der Waals surface area (Å²) in [5.74, 6) is -5.33. The first-order chi connectivity index (χ1) is 16.7. The quantitative estimate of drug-likeness (QED) is 0.328. The molecule has 1 N–H and O–H groups in total. The Labute approximate surface area is 197 Å². The van der Waals surface area contributed by atoms with E-state index in [0.29, 0.717) is 11.8 Å². The number of Topliss-reactive ketones (excluding diaryl/α,β-unsaturated/α-hetero) is 1. The maximum absolute atomic E-state index is 13.7. The van der Waals surface area contributed by atoms with Gasteiger partial charge in [0, 0.05) is 18.7 Å². The van der Waals surface area contributed by atoms with Crippen molar-refractivity contribution in [3.8, 4) is 0 Å². The van der Waals surface area contributed by atoms with E-state index in [1.54, 1.807) is 0 Å². The summed E-state index contributed by atoms with van der Waals surface area (Å²) >= 11 is 0. The van der Waals surface area contributed by atoms with Crippen molar-refractivity contribution in [3.05, 3.63) is 94.6 Å². The maximum atomic E-state index is 13.7. The minimum absolute atomic E-state index is 0.0358. The Bertz CT molecular complexity index is 1400. The van der Waals surface area contributed by atoms with E-state index in [4.69, 9.17) is 4.74 Å². The number of hydrogen-bond donors (Lipinski definition) is 1. The molecule has 1 heterocycles. The molecular weight excluding hydrogens is 462 g/mol. The lowest BCUT2D eigenvalue weighted by molar-refractivity contribution is -0.114. The van der Waals surface area contributed by atoms with Crippen molar-refractivity contribution in [2.45, 2.75) is 6.92 Å². The molecule has 0 saturated heterocycles. The van der Waals surface area contributed by atoms with Crippen molar-refractivity contribution >= 4 is 40.8 Å². The Morgan fingerprint density at radius 3 is 2.23 bits per heavy atom. The lowest BCUT2D eigenvalue weighted by Crippen LogP contribution is -2.29. The second kappa shape index (κ2) is 9.26. The SMILES string of the molecule is CC(=O)Nc1ccc(N2C(=O)c3ccc(C(=O)OCC(=O)c4ccc(F)cc4F)cc3C2=O)cc1. The summed E-state index contributed by atoms with van der Waals surface area (Å²) in [6.45, 7) is 0.537. The molecule has 0 spiro atoms. The van der Waals surface area contributed by atoms with Gasteiger partial charge in [-0.25, -0.2) is 18.5 Å². The highest BCUT2D eigenvalue weighted by Crippen LogP contribution is 2.30. The highest BCUT2D eigenvalue weighted by atomic mass is 19.1. The summed E-state index contributed by atoms with van der Waals surface area (Å²) < 4.78 is 31.7. The van der Waals surface area contributed by atoms with Crippen molar-refractivity contribution in [1.29, 1.82) is 0 Å². The summed E-state index contributed by atoms with van der Waals surface area (Å²) in [4.78, 5) is 62.3. The van der Waals surface area contributed by atoms with Crippen LogP contribution in [0.4, 0.5) is 20.2 Å². The van der Waals surface area contributed by atoms with Crippen LogP contribution in [0.1, 0.15) is 48.4 Å². The lowest BCUT2D eigenvalue weighted by Gasteiger charge is -2.14. The molecular formula is C25H16F2N2O6. The summed E-state index contributed by atoms with van der Waals surface area (Å²) in [5, 5.41) is 2.58. The number of nitrogens with zero attached hydrogens (tertiary/aromatic N) is 1. The van der Waals surface area contributed by atoms with E-state index in [-0.39, 0.29) is 28.3 Å². The summed E-state index contributed by atoms with van der Waals surface area (Å²) in [6, 6.07) is 12.2. The molecule has 0 bridgehead atoms. The number of rotatable bonds is 6. The summed E-state index contributed by atoms with van der Waals surface area (Å²) in [5.41, 5.74) is 0.252. The Hall–Kier alpha value is -4.73. The topological polar surface area (TPSA) is 110 Å². The van der Waals surface area contributed by atoms with E-state index in [1.807, 2.05) is 0 Å². The number of ketones is 1. The van der Waals surface area contributed by atoms with Gasteiger partial charge in [0.05, 0.1) is 27.9 Å². The van der Waals surface area contributed by atoms with Gasteiger partial charge in [-0.1, -0.05) is 0 Å². The number of ether oxygens (including phenoxy) is 1. The van der Waals surface area contributed by atoms with Crippen LogP contribution >= 0.6 is 0 Å². The molecule has 3 amide bonds. The van der Waals surface area contributed by atoms with Gasteiger partial charge in [0.15, 0.2) is 6.61 Å². The smallest absolute Gasteiger partial charge is 0.338 e. The highest BCUT2D eigenvalue weighted by Gasteiger charge is 2.37. The monoisotopic (exact) mass is 478 g/mol. The first kappa shape index (κ1) is 23.4. The molecule has 0 saturated carbocycles. The van der Waals surface area contributed by atoms with E-state index >= 15 is 0 Å². The molecule has 8 nitrogen and oxygen atoms in total. The minimum atomic E-state index is -1.09. The van der Waals surface area contributed by atoms with Crippen molar-refractivity contribution < 1.29 is 37.5 Å². The van der Waals surface area contributed by atoms with Gasteiger partial charge in [-0.05, 0) is 54.6 Å². The van der Waals surface area contributed by atoms with Gasteiger partial charge in [-0.15, -0.1) is 0 Å². The Morgan fingerprint density at radius 2 is 1.57 bits per heavy atom. The Kier molecular flexibility index (Phi) is 6.20. The fraction of sp³-hybridized carbons (Fsp3) is 0.0800. The van der Waals surface area contributed by atoms with Crippen LogP contribution in [0.25, 0.3) is 0 Å². The molecule has 0 aliphatic carbocycles. The Morgan fingerprint density at radius 1 is 0.886 bits per heavy atom. The average molecular weight is 478 g/mol. The number of anilines is 2. The molecule has 10 heteroatoms. The van der Waals surface area contributed by atoms with Crippen LogP contribution in [0.15, 0.2) is 60.7 Å². The maximum Gasteiger partial charge on any atom is 0.338 e. The van der Waals surface area contributed by atoms with E-state index in [1.165, 1.54) is 49.4 Å². The van der Waals surface area contributed by atoms with Gasteiger partial charge in [-0.2, -0.15) is 0 Å². The number of hydrogen-bond acceptors (Lipinski definition) is 6. The second-order valence-electron chi connectivity index (χ2n) is 7.56. The third-order valence-corrected chi connectivity index (χ3v) is 5.13. The van der Waals surface area contributed by atoms with Gasteiger partial charge < -0.3 is 10.1 Å². The predicted molar refractivity (Wildman–Crippen MR) is 119 cm³/mol. The number of imide groups is 1. The van der Waals surface area contributed by atoms with Crippen LogP contribution in [0, 0.1) is 11.6 Å². The van der Waals surface area contributed by atoms with E-state index < -0.39 is 47.4 Å². The number of esters is 1. The van der Waals surface area contributed by atoms with Crippen LogP contribution in [-0.4, -0.2) is 36.1 Å². The van der Waals surface area contributed by atoms with Crippen LogP contribution in [0.2, 0.25) is 0 Å². The zero-order chi connectivity index (χ0) is 25.3. The number of carbonyl (C=O) groups is 5. The molecule has 0 unspecified atom stereocenters. The van der Waals surface area contributed by atoms with Crippen LogP contribution in [0.5, 0.6) is 0 Å². The molecule has 0 fully saturated rings. The normalized spacial score (nSPS) is 12.4. The van der Waals surface area contributed by atoms with Crippen LogP contribution in [-0.2, 0) is 9.53 Å². The van der Waals surface area contributed by atoms with Gasteiger partial charge >= 0.3 is 5.97 Å². The molecule has 3 aromatic rings. The van der Waals surface area contributed by atoms with Crippen molar-refractivity contribution in [3.63, 3.8) is 0 Å². The number of benzene rings is 3. The van der Waals surface area contributed by atoms with Crippen LogP contribution in [0.3, 0.4) is 0 Å².